The van der Waals surface area contributed by atoms with Gasteiger partial charge in [0.05, 0.1) is 5.92 Å². The van der Waals surface area contributed by atoms with E-state index in [2.05, 4.69) is 11.4 Å². The molecule has 4 heteroatoms. The van der Waals surface area contributed by atoms with Crippen molar-refractivity contribution in [3.05, 3.63) is 29.8 Å². The largest absolute Gasteiger partial charge is 0.492 e. The lowest BCUT2D eigenvalue weighted by molar-refractivity contribution is -0.138. The molecule has 1 atom stereocenters. The van der Waals surface area contributed by atoms with Gasteiger partial charge in [-0.1, -0.05) is 18.2 Å². The van der Waals surface area contributed by atoms with Crippen molar-refractivity contribution >= 4 is 5.91 Å². The Morgan fingerprint density at radius 2 is 2.05 bits per heavy atom. The van der Waals surface area contributed by atoms with Crippen LogP contribution in [0.4, 0.5) is 0 Å². The van der Waals surface area contributed by atoms with Crippen LogP contribution in [-0.2, 0) is 11.2 Å². The normalized spacial score (nSPS) is 23.1. The molecule has 1 aromatic rings. The molecule has 4 nitrogen and oxygen atoms in total. The van der Waals surface area contributed by atoms with Crippen LogP contribution in [0.5, 0.6) is 5.75 Å². The third kappa shape index (κ3) is 2.66. The number of carbonyl (C=O) groups is 1. The highest BCUT2D eigenvalue weighted by Gasteiger charge is 2.31. The van der Waals surface area contributed by atoms with Gasteiger partial charge in [0.2, 0.25) is 5.91 Å². The first kappa shape index (κ1) is 13.4. The van der Waals surface area contributed by atoms with Gasteiger partial charge in [0.25, 0.3) is 0 Å². The molecule has 108 valence electrons. The van der Waals surface area contributed by atoms with Gasteiger partial charge in [-0.25, -0.2) is 0 Å². The summed E-state index contributed by atoms with van der Waals surface area (Å²) in [6, 6.07) is 8.58. The van der Waals surface area contributed by atoms with Crippen molar-refractivity contribution in [1.29, 1.82) is 0 Å². The summed E-state index contributed by atoms with van der Waals surface area (Å²) in [6.07, 6.45) is 2.90. The number of ether oxygens (including phenoxy) is 1. The average molecular weight is 274 g/mol. The Labute approximate surface area is 120 Å². The Balaban J connectivity index is 1.62. The number of para-hydroxylation sites is 1. The predicted molar refractivity (Wildman–Crippen MR) is 77.8 cm³/mol. The zero-order valence-electron chi connectivity index (χ0n) is 12.0. The molecule has 0 saturated carbocycles. The highest BCUT2D eigenvalue weighted by molar-refractivity contribution is 5.80. The maximum atomic E-state index is 12.6. The zero-order chi connectivity index (χ0) is 13.9. The van der Waals surface area contributed by atoms with Gasteiger partial charge in [-0.15, -0.1) is 0 Å². The average Bonchev–Trinajstić information content (AvgIpc) is 2.54. The topological polar surface area (TPSA) is 41.6 Å². The number of hydrogen-bond donors (Lipinski definition) is 1. The summed E-state index contributed by atoms with van der Waals surface area (Å²) >= 11 is 0. The number of hydrogen-bond acceptors (Lipinski definition) is 3. The van der Waals surface area contributed by atoms with Crippen LogP contribution >= 0.6 is 0 Å². The number of benzene rings is 1. The van der Waals surface area contributed by atoms with E-state index in [4.69, 9.17) is 4.74 Å². The fourth-order valence-electron chi connectivity index (χ4n) is 3.13. The number of nitrogens with one attached hydrogen (secondary N) is 1. The van der Waals surface area contributed by atoms with Crippen molar-refractivity contribution in [3.8, 4) is 5.75 Å². The van der Waals surface area contributed by atoms with E-state index in [-0.39, 0.29) is 11.8 Å². The molecule has 20 heavy (non-hydrogen) atoms. The SMILES string of the molecule is CNC1CCN(C(=O)C2COc3ccccc3C2)CC1. The van der Waals surface area contributed by atoms with E-state index in [0.29, 0.717) is 12.6 Å². The van der Waals surface area contributed by atoms with Crippen LogP contribution in [0.3, 0.4) is 0 Å². The summed E-state index contributed by atoms with van der Waals surface area (Å²) in [5.41, 5.74) is 1.15. The Hall–Kier alpha value is -1.55. The van der Waals surface area contributed by atoms with Crippen LogP contribution in [0, 0.1) is 5.92 Å². The molecule has 2 aliphatic rings. The third-order valence-corrected chi connectivity index (χ3v) is 4.44. The minimum Gasteiger partial charge on any atom is -0.492 e. The predicted octanol–water partition coefficient (Wildman–Crippen LogP) is 1.45. The number of fused-ring (bicyclic) bond motifs is 1. The van der Waals surface area contributed by atoms with Crippen LogP contribution in [0.2, 0.25) is 0 Å². The molecule has 1 unspecified atom stereocenters. The lowest BCUT2D eigenvalue weighted by Crippen LogP contribution is -2.47. The molecule has 1 amide bonds. The summed E-state index contributed by atoms with van der Waals surface area (Å²) in [7, 11) is 1.99. The van der Waals surface area contributed by atoms with Crippen molar-refractivity contribution in [1.82, 2.24) is 10.2 Å². The van der Waals surface area contributed by atoms with Crippen molar-refractivity contribution < 1.29 is 9.53 Å². The molecule has 1 N–H and O–H groups in total. The van der Waals surface area contributed by atoms with E-state index in [9.17, 15) is 4.79 Å². The summed E-state index contributed by atoms with van der Waals surface area (Å²) in [5.74, 6) is 1.18. The molecule has 0 aliphatic carbocycles. The Morgan fingerprint density at radius 1 is 1.30 bits per heavy atom. The highest BCUT2D eigenvalue weighted by Crippen LogP contribution is 2.28. The highest BCUT2D eigenvalue weighted by atomic mass is 16.5. The minimum absolute atomic E-state index is 0.0176. The second-order valence-corrected chi connectivity index (χ2v) is 5.71. The van der Waals surface area contributed by atoms with Gasteiger partial charge in [-0.05, 0) is 37.9 Å². The first-order chi connectivity index (χ1) is 9.78. The molecular weight excluding hydrogens is 252 g/mol. The fraction of sp³-hybridized carbons (Fsp3) is 0.562. The van der Waals surface area contributed by atoms with Crippen LogP contribution in [0.25, 0.3) is 0 Å². The van der Waals surface area contributed by atoms with Crippen LogP contribution in [0.1, 0.15) is 18.4 Å². The summed E-state index contributed by atoms with van der Waals surface area (Å²) < 4.78 is 5.73. The first-order valence-corrected chi connectivity index (χ1v) is 7.44. The van der Waals surface area contributed by atoms with E-state index < -0.39 is 0 Å². The molecule has 2 aliphatic heterocycles. The summed E-state index contributed by atoms with van der Waals surface area (Å²) in [6.45, 7) is 2.24. The third-order valence-electron chi connectivity index (χ3n) is 4.44. The van der Waals surface area contributed by atoms with Gasteiger partial charge in [0.15, 0.2) is 0 Å². The number of likely N-dealkylation sites (tertiary alicyclic amines) is 1. The van der Waals surface area contributed by atoms with Gasteiger partial charge < -0.3 is 15.0 Å². The molecule has 0 spiro atoms. The van der Waals surface area contributed by atoms with E-state index >= 15 is 0 Å². The second kappa shape index (κ2) is 5.83. The van der Waals surface area contributed by atoms with E-state index in [1.807, 2.05) is 30.1 Å². The van der Waals surface area contributed by atoms with Gasteiger partial charge in [0.1, 0.15) is 12.4 Å². The molecule has 2 heterocycles. The van der Waals surface area contributed by atoms with Crippen LogP contribution in [0.15, 0.2) is 24.3 Å². The number of carbonyl (C=O) groups excluding carboxylic acids is 1. The molecule has 0 radical (unpaired) electrons. The quantitative estimate of drug-likeness (QED) is 0.887. The van der Waals surface area contributed by atoms with Crippen molar-refractivity contribution in [2.24, 2.45) is 5.92 Å². The van der Waals surface area contributed by atoms with Gasteiger partial charge in [0, 0.05) is 19.1 Å². The molecule has 0 bridgehead atoms. The molecule has 1 fully saturated rings. The van der Waals surface area contributed by atoms with E-state index in [0.717, 1.165) is 43.7 Å². The lowest BCUT2D eigenvalue weighted by Gasteiger charge is -2.35. The monoisotopic (exact) mass is 274 g/mol. The van der Waals surface area contributed by atoms with Crippen LogP contribution < -0.4 is 10.1 Å². The minimum atomic E-state index is -0.0176. The molecular formula is C16H22N2O2. The van der Waals surface area contributed by atoms with Crippen LogP contribution in [-0.4, -0.2) is 43.6 Å². The number of amides is 1. The zero-order valence-corrected chi connectivity index (χ0v) is 12.0. The fourth-order valence-corrected chi connectivity index (χ4v) is 3.13. The first-order valence-electron chi connectivity index (χ1n) is 7.44. The van der Waals surface area contributed by atoms with Gasteiger partial charge in [-0.3, -0.25) is 4.79 Å². The van der Waals surface area contributed by atoms with Gasteiger partial charge in [-0.2, -0.15) is 0 Å². The number of piperidine rings is 1. The molecule has 1 saturated heterocycles. The smallest absolute Gasteiger partial charge is 0.229 e. The van der Waals surface area contributed by atoms with Crippen molar-refractivity contribution in [3.63, 3.8) is 0 Å². The number of rotatable bonds is 2. The summed E-state index contributed by atoms with van der Waals surface area (Å²) in [5, 5.41) is 3.29. The standard InChI is InChI=1S/C16H22N2O2/c1-17-14-6-8-18(9-7-14)16(19)13-10-12-4-2-3-5-15(12)20-11-13/h2-5,13-14,17H,6-11H2,1H3. The molecule has 0 aromatic heterocycles. The van der Waals surface area contributed by atoms with E-state index in [1.54, 1.807) is 0 Å². The Kier molecular flexibility index (Phi) is 3.92. The second-order valence-electron chi connectivity index (χ2n) is 5.71. The Bertz CT molecular complexity index is 481. The van der Waals surface area contributed by atoms with E-state index in [1.165, 1.54) is 0 Å². The Morgan fingerprint density at radius 3 is 2.80 bits per heavy atom. The van der Waals surface area contributed by atoms with Crippen molar-refractivity contribution in [2.45, 2.75) is 25.3 Å². The molecule has 3 rings (SSSR count). The molecule has 1 aromatic carbocycles. The van der Waals surface area contributed by atoms with Crippen molar-refractivity contribution in [2.75, 3.05) is 26.7 Å². The maximum Gasteiger partial charge on any atom is 0.229 e. The maximum absolute atomic E-state index is 12.6. The summed E-state index contributed by atoms with van der Waals surface area (Å²) in [4.78, 5) is 14.6. The lowest BCUT2D eigenvalue weighted by atomic mass is 9.94. The van der Waals surface area contributed by atoms with Gasteiger partial charge >= 0.3 is 0 Å². The number of nitrogens with zero attached hydrogens (tertiary/aromatic N) is 1.